The molecule has 0 saturated heterocycles. The van der Waals surface area contributed by atoms with E-state index < -0.39 is 5.97 Å². The predicted octanol–water partition coefficient (Wildman–Crippen LogP) is 2.16. The van der Waals surface area contributed by atoms with Gasteiger partial charge < -0.3 is 19.8 Å². The average Bonchev–Trinajstić information content (AvgIpc) is 2.85. The van der Waals surface area contributed by atoms with Gasteiger partial charge in [-0.2, -0.15) is 0 Å². The van der Waals surface area contributed by atoms with Gasteiger partial charge in [-0.05, 0) is 19.9 Å². The Kier molecular flexibility index (Phi) is 4.47. The van der Waals surface area contributed by atoms with Gasteiger partial charge in [-0.25, -0.2) is 4.79 Å². The molecule has 0 aliphatic carbocycles. The molecule has 0 radical (unpaired) electrons. The van der Waals surface area contributed by atoms with Crippen LogP contribution in [-0.4, -0.2) is 22.6 Å². The Morgan fingerprint density at radius 1 is 1.38 bits per heavy atom. The highest BCUT2D eigenvalue weighted by Gasteiger charge is 2.14. The molecule has 21 heavy (non-hydrogen) atoms. The van der Waals surface area contributed by atoms with Gasteiger partial charge in [0.05, 0.1) is 18.5 Å². The van der Waals surface area contributed by atoms with E-state index in [9.17, 15) is 4.79 Å². The third kappa shape index (κ3) is 3.53. The Bertz CT molecular complexity index is 650. The number of hydrogen-bond donors (Lipinski definition) is 1. The molecule has 0 saturated carbocycles. The summed E-state index contributed by atoms with van der Waals surface area (Å²) in [6.07, 6.45) is 1.71. The van der Waals surface area contributed by atoms with Crippen molar-refractivity contribution in [1.82, 2.24) is 9.55 Å². The summed E-state index contributed by atoms with van der Waals surface area (Å²) in [6.45, 7) is 4.53. The number of nitrogens with two attached hydrogens (primary N) is 1. The maximum Gasteiger partial charge on any atom is 0.355 e. The van der Waals surface area contributed by atoms with E-state index in [4.69, 9.17) is 15.2 Å². The molecule has 2 N–H and O–H groups in total. The van der Waals surface area contributed by atoms with Gasteiger partial charge in [0.25, 0.3) is 0 Å². The summed E-state index contributed by atoms with van der Waals surface area (Å²) < 4.78 is 12.2. The molecule has 0 aromatic carbocycles. The summed E-state index contributed by atoms with van der Waals surface area (Å²) in [6, 6.07) is 5.16. The number of methoxy groups -OCH3 is 1. The van der Waals surface area contributed by atoms with Crippen LogP contribution in [0.5, 0.6) is 5.75 Å². The van der Waals surface area contributed by atoms with Crippen molar-refractivity contribution in [3.8, 4) is 5.75 Å². The van der Waals surface area contributed by atoms with Crippen LogP contribution in [0.15, 0.2) is 24.4 Å². The second-order valence-electron chi connectivity index (χ2n) is 4.66. The predicted molar refractivity (Wildman–Crippen MR) is 79.2 cm³/mol. The molecule has 6 heteroatoms. The van der Waals surface area contributed by atoms with Crippen LogP contribution in [0.1, 0.15) is 28.8 Å². The third-order valence-electron chi connectivity index (χ3n) is 3.03. The van der Waals surface area contributed by atoms with Crippen LogP contribution >= 0.6 is 0 Å². The lowest BCUT2D eigenvalue weighted by Crippen LogP contribution is -2.11. The summed E-state index contributed by atoms with van der Waals surface area (Å²) in [5.41, 5.74) is 8.13. The Morgan fingerprint density at radius 3 is 2.81 bits per heavy atom. The quantitative estimate of drug-likeness (QED) is 0.853. The molecule has 2 heterocycles. The van der Waals surface area contributed by atoms with Gasteiger partial charge >= 0.3 is 5.97 Å². The molecular weight excluding hydrogens is 270 g/mol. The maximum absolute atomic E-state index is 12.1. The number of pyridine rings is 1. The lowest BCUT2D eigenvalue weighted by Gasteiger charge is -2.08. The number of aryl methyl sites for hydroxylation is 2. The number of nitrogen functional groups attached to an aromatic ring is 1. The molecule has 6 nitrogen and oxygen atoms in total. The molecule has 0 aliphatic heterocycles. The zero-order chi connectivity index (χ0) is 15.4. The molecule has 112 valence electrons. The van der Waals surface area contributed by atoms with Gasteiger partial charge in [0.15, 0.2) is 0 Å². The van der Waals surface area contributed by atoms with Gasteiger partial charge in [-0.15, -0.1) is 0 Å². The maximum atomic E-state index is 12.1. The molecule has 0 bridgehead atoms. The Labute approximate surface area is 123 Å². The van der Waals surface area contributed by atoms with Gasteiger partial charge in [0, 0.05) is 30.6 Å². The van der Waals surface area contributed by atoms with E-state index in [1.165, 1.54) is 0 Å². The van der Waals surface area contributed by atoms with Crippen molar-refractivity contribution in [3.05, 3.63) is 41.5 Å². The van der Waals surface area contributed by atoms with Crippen LogP contribution in [0.25, 0.3) is 0 Å². The molecular formula is C15H19N3O3. The van der Waals surface area contributed by atoms with Gasteiger partial charge in [0.2, 0.25) is 0 Å². The van der Waals surface area contributed by atoms with Crippen LogP contribution in [0.2, 0.25) is 0 Å². The van der Waals surface area contributed by atoms with Crippen LogP contribution in [0, 0.1) is 6.92 Å². The lowest BCUT2D eigenvalue weighted by molar-refractivity contribution is 0.0454. The van der Waals surface area contributed by atoms with Gasteiger partial charge in [-0.3, -0.25) is 4.98 Å². The molecule has 2 aromatic rings. The third-order valence-corrected chi connectivity index (χ3v) is 3.03. The van der Waals surface area contributed by atoms with Crippen molar-refractivity contribution >= 4 is 11.7 Å². The normalized spacial score (nSPS) is 10.4. The zero-order valence-corrected chi connectivity index (χ0v) is 12.4. The highest BCUT2D eigenvalue weighted by atomic mass is 16.5. The number of carbonyl (C=O) groups excluding carboxylic acids is 1. The van der Waals surface area contributed by atoms with E-state index in [0.29, 0.717) is 29.4 Å². The van der Waals surface area contributed by atoms with Crippen molar-refractivity contribution in [1.29, 1.82) is 0 Å². The molecule has 0 spiro atoms. The summed E-state index contributed by atoms with van der Waals surface area (Å²) in [7, 11) is 1.58. The topological polar surface area (TPSA) is 79.4 Å². The largest absolute Gasteiger partial charge is 0.497 e. The number of aromatic nitrogens is 2. The molecule has 0 aliphatic rings. The van der Waals surface area contributed by atoms with E-state index in [2.05, 4.69) is 4.98 Å². The number of hydrogen-bond acceptors (Lipinski definition) is 5. The summed E-state index contributed by atoms with van der Waals surface area (Å²) >= 11 is 0. The number of nitrogens with zero attached hydrogens (tertiary/aromatic N) is 2. The van der Waals surface area contributed by atoms with Crippen molar-refractivity contribution in [2.24, 2.45) is 0 Å². The molecule has 0 atom stereocenters. The minimum atomic E-state index is -0.421. The molecule has 0 unspecified atom stereocenters. The standard InChI is InChI=1S/C15H19N3O3/c1-4-18-8-11(16)6-14(18)15(19)21-9-12-7-13(20-3)5-10(2)17-12/h5-8H,4,9,16H2,1-3H3. The second-order valence-corrected chi connectivity index (χ2v) is 4.66. The van der Waals surface area contributed by atoms with Gasteiger partial charge in [-0.1, -0.05) is 0 Å². The van der Waals surface area contributed by atoms with Crippen molar-refractivity contribution in [2.45, 2.75) is 27.0 Å². The van der Waals surface area contributed by atoms with E-state index in [-0.39, 0.29) is 6.61 Å². The average molecular weight is 289 g/mol. The van der Waals surface area contributed by atoms with Crippen molar-refractivity contribution < 1.29 is 14.3 Å². The smallest absolute Gasteiger partial charge is 0.355 e. The number of ether oxygens (including phenoxy) is 2. The lowest BCUT2D eigenvalue weighted by atomic mass is 10.3. The molecule has 0 amide bonds. The first kappa shape index (κ1) is 14.9. The zero-order valence-electron chi connectivity index (χ0n) is 12.4. The fraction of sp³-hybridized carbons (Fsp3) is 0.333. The van der Waals surface area contributed by atoms with Crippen molar-refractivity contribution in [3.63, 3.8) is 0 Å². The van der Waals surface area contributed by atoms with Gasteiger partial charge in [0.1, 0.15) is 18.1 Å². The number of anilines is 1. The fourth-order valence-corrected chi connectivity index (χ4v) is 2.07. The molecule has 2 rings (SSSR count). The van der Waals surface area contributed by atoms with Crippen LogP contribution in [-0.2, 0) is 17.9 Å². The van der Waals surface area contributed by atoms with E-state index in [1.54, 1.807) is 30.0 Å². The first-order valence-corrected chi connectivity index (χ1v) is 6.67. The Balaban J connectivity index is 2.08. The molecule has 2 aromatic heterocycles. The Hall–Kier alpha value is -2.50. The van der Waals surface area contributed by atoms with Crippen LogP contribution in [0.3, 0.4) is 0 Å². The number of rotatable bonds is 5. The highest BCUT2D eigenvalue weighted by Crippen LogP contribution is 2.16. The minimum Gasteiger partial charge on any atom is -0.497 e. The summed E-state index contributed by atoms with van der Waals surface area (Å²) in [4.78, 5) is 16.4. The monoisotopic (exact) mass is 289 g/mol. The van der Waals surface area contributed by atoms with Crippen LogP contribution in [0.4, 0.5) is 5.69 Å². The summed E-state index contributed by atoms with van der Waals surface area (Å²) in [5.74, 6) is 0.269. The van der Waals surface area contributed by atoms with Crippen LogP contribution < -0.4 is 10.5 Å². The fourth-order valence-electron chi connectivity index (χ4n) is 2.07. The van der Waals surface area contributed by atoms with E-state index in [1.807, 2.05) is 19.9 Å². The van der Waals surface area contributed by atoms with E-state index in [0.717, 1.165) is 5.69 Å². The first-order chi connectivity index (χ1) is 10.0. The SMILES string of the molecule is CCn1cc(N)cc1C(=O)OCc1cc(OC)cc(C)n1. The number of esters is 1. The van der Waals surface area contributed by atoms with Crippen molar-refractivity contribution in [2.75, 3.05) is 12.8 Å². The first-order valence-electron chi connectivity index (χ1n) is 6.67. The highest BCUT2D eigenvalue weighted by molar-refractivity contribution is 5.89. The summed E-state index contributed by atoms with van der Waals surface area (Å²) in [5, 5.41) is 0. The van der Waals surface area contributed by atoms with E-state index >= 15 is 0 Å². The Morgan fingerprint density at radius 2 is 2.14 bits per heavy atom. The molecule has 0 fully saturated rings. The second kappa shape index (κ2) is 6.30. The minimum absolute atomic E-state index is 0.0890. The number of carbonyl (C=O) groups is 1.